The molecule has 0 bridgehead atoms. The van der Waals surface area contributed by atoms with Gasteiger partial charge in [-0.05, 0) is 44.9 Å². The van der Waals surface area contributed by atoms with Crippen molar-refractivity contribution < 1.29 is 0 Å². The van der Waals surface area contributed by atoms with Crippen LogP contribution in [0.1, 0.15) is 59.3 Å². The van der Waals surface area contributed by atoms with Crippen LogP contribution in [0, 0.1) is 0 Å². The Morgan fingerprint density at radius 1 is 1.33 bits per heavy atom. The topological polar surface area (TPSA) is 12.0 Å². The Morgan fingerprint density at radius 2 is 2.13 bits per heavy atom. The molecular weight excluding hydrogens is 202 g/mol. The van der Waals surface area contributed by atoms with Gasteiger partial charge in [0.2, 0.25) is 0 Å². The van der Waals surface area contributed by atoms with E-state index in [0.717, 1.165) is 6.04 Å². The normalized spacial score (nSPS) is 28.2. The summed E-state index contributed by atoms with van der Waals surface area (Å²) < 4.78 is 0.518. The van der Waals surface area contributed by atoms with Crippen LogP contribution >= 0.6 is 11.8 Å². The van der Waals surface area contributed by atoms with E-state index in [0.29, 0.717) is 4.75 Å². The Labute approximate surface area is 99.8 Å². The lowest BCUT2D eigenvalue weighted by Gasteiger charge is -2.34. The average molecular weight is 229 g/mol. The predicted octanol–water partition coefficient (Wildman–Crippen LogP) is 3.83. The standard InChI is InChI=1S/C13H27NS/c1-4-6-8-12(14-10-5-2)13(3)9-7-11-15-13/h12,14H,4-11H2,1-3H3. The van der Waals surface area contributed by atoms with Crippen molar-refractivity contribution in [2.24, 2.45) is 0 Å². The molecule has 0 aromatic rings. The molecule has 2 unspecified atom stereocenters. The highest BCUT2D eigenvalue weighted by molar-refractivity contribution is 8.00. The van der Waals surface area contributed by atoms with Gasteiger partial charge in [-0.2, -0.15) is 11.8 Å². The van der Waals surface area contributed by atoms with Gasteiger partial charge < -0.3 is 5.32 Å². The molecule has 2 atom stereocenters. The molecule has 1 saturated heterocycles. The summed E-state index contributed by atoms with van der Waals surface area (Å²) in [6, 6.07) is 0.741. The van der Waals surface area contributed by atoms with Gasteiger partial charge in [-0.1, -0.05) is 26.7 Å². The van der Waals surface area contributed by atoms with Crippen molar-refractivity contribution in [2.45, 2.75) is 70.1 Å². The van der Waals surface area contributed by atoms with E-state index in [1.807, 2.05) is 0 Å². The maximum atomic E-state index is 3.77. The van der Waals surface area contributed by atoms with Crippen molar-refractivity contribution in [3.63, 3.8) is 0 Å². The Balaban J connectivity index is 2.45. The van der Waals surface area contributed by atoms with Gasteiger partial charge in [0, 0.05) is 10.8 Å². The van der Waals surface area contributed by atoms with Crippen LogP contribution in [0.2, 0.25) is 0 Å². The van der Waals surface area contributed by atoms with Gasteiger partial charge in [0.25, 0.3) is 0 Å². The van der Waals surface area contributed by atoms with Crippen molar-refractivity contribution in [1.82, 2.24) is 5.32 Å². The summed E-state index contributed by atoms with van der Waals surface area (Å²) in [5.41, 5.74) is 0. The molecule has 1 aliphatic heterocycles. The van der Waals surface area contributed by atoms with E-state index in [-0.39, 0.29) is 0 Å². The summed E-state index contributed by atoms with van der Waals surface area (Å²) in [6.45, 7) is 8.20. The molecule has 1 nitrogen and oxygen atoms in total. The third-order valence-electron chi connectivity index (χ3n) is 3.47. The van der Waals surface area contributed by atoms with Crippen LogP contribution in [0.25, 0.3) is 0 Å². The lowest BCUT2D eigenvalue weighted by molar-refractivity contribution is 0.372. The number of unbranched alkanes of at least 4 members (excludes halogenated alkanes) is 1. The lowest BCUT2D eigenvalue weighted by atomic mass is 9.92. The van der Waals surface area contributed by atoms with Gasteiger partial charge in [-0.15, -0.1) is 0 Å². The average Bonchev–Trinajstić information content (AvgIpc) is 2.66. The molecule has 0 aliphatic carbocycles. The van der Waals surface area contributed by atoms with Crippen molar-refractivity contribution >= 4 is 11.8 Å². The smallest absolute Gasteiger partial charge is 0.0285 e. The molecule has 1 N–H and O–H groups in total. The van der Waals surface area contributed by atoms with E-state index in [1.165, 1.54) is 50.8 Å². The summed E-state index contributed by atoms with van der Waals surface area (Å²) in [4.78, 5) is 0. The first-order chi connectivity index (χ1) is 7.23. The van der Waals surface area contributed by atoms with Gasteiger partial charge in [0.1, 0.15) is 0 Å². The zero-order valence-electron chi connectivity index (χ0n) is 10.6. The van der Waals surface area contributed by atoms with Crippen LogP contribution < -0.4 is 5.32 Å². The SMILES string of the molecule is CCCCC(NCCC)C1(C)CCCS1. The molecule has 0 saturated carbocycles. The molecule has 15 heavy (non-hydrogen) atoms. The maximum Gasteiger partial charge on any atom is 0.0285 e. The first-order valence-corrected chi connectivity index (χ1v) is 7.59. The molecule has 90 valence electrons. The zero-order chi connectivity index (χ0) is 11.1. The van der Waals surface area contributed by atoms with Crippen LogP contribution in [0.5, 0.6) is 0 Å². The van der Waals surface area contributed by atoms with Crippen LogP contribution in [0.3, 0.4) is 0 Å². The third-order valence-corrected chi connectivity index (χ3v) is 5.11. The zero-order valence-corrected chi connectivity index (χ0v) is 11.5. The highest BCUT2D eigenvalue weighted by Crippen LogP contribution is 2.41. The number of thioether (sulfide) groups is 1. The molecule has 1 aliphatic rings. The Kier molecular flexibility index (Phi) is 6.06. The second-order valence-electron chi connectivity index (χ2n) is 4.91. The molecule has 0 spiro atoms. The molecule has 0 aromatic carbocycles. The Hall–Kier alpha value is 0.310. The number of rotatable bonds is 7. The molecule has 2 heteroatoms. The van der Waals surface area contributed by atoms with Crippen molar-refractivity contribution in [3.8, 4) is 0 Å². The minimum absolute atomic E-state index is 0.518. The van der Waals surface area contributed by atoms with Crippen LogP contribution in [-0.2, 0) is 0 Å². The summed E-state index contributed by atoms with van der Waals surface area (Å²) >= 11 is 2.19. The molecule has 0 radical (unpaired) electrons. The first kappa shape index (κ1) is 13.4. The molecular formula is C13H27NS. The summed E-state index contributed by atoms with van der Waals surface area (Å²) in [5.74, 6) is 1.37. The third kappa shape index (κ3) is 3.99. The summed E-state index contributed by atoms with van der Waals surface area (Å²) in [5, 5.41) is 3.77. The number of hydrogen-bond donors (Lipinski definition) is 1. The minimum atomic E-state index is 0.518. The van der Waals surface area contributed by atoms with E-state index < -0.39 is 0 Å². The Bertz CT molecular complexity index is 156. The maximum absolute atomic E-state index is 3.77. The van der Waals surface area contributed by atoms with Gasteiger partial charge in [-0.25, -0.2) is 0 Å². The van der Waals surface area contributed by atoms with E-state index in [9.17, 15) is 0 Å². The fourth-order valence-corrected chi connectivity index (χ4v) is 3.87. The largest absolute Gasteiger partial charge is 0.313 e. The fraction of sp³-hybridized carbons (Fsp3) is 1.00. The van der Waals surface area contributed by atoms with Gasteiger partial charge in [0.15, 0.2) is 0 Å². The van der Waals surface area contributed by atoms with E-state index >= 15 is 0 Å². The quantitative estimate of drug-likeness (QED) is 0.712. The number of nitrogens with one attached hydrogen (secondary N) is 1. The fourth-order valence-electron chi connectivity index (χ4n) is 2.43. The molecule has 0 amide bonds. The monoisotopic (exact) mass is 229 g/mol. The van der Waals surface area contributed by atoms with Gasteiger partial charge in [-0.3, -0.25) is 0 Å². The van der Waals surface area contributed by atoms with Gasteiger partial charge in [0.05, 0.1) is 0 Å². The summed E-state index contributed by atoms with van der Waals surface area (Å²) in [7, 11) is 0. The van der Waals surface area contributed by atoms with Gasteiger partial charge >= 0.3 is 0 Å². The predicted molar refractivity (Wildman–Crippen MR) is 71.7 cm³/mol. The van der Waals surface area contributed by atoms with E-state index in [1.54, 1.807) is 0 Å². The molecule has 0 aromatic heterocycles. The molecule has 1 heterocycles. The lowest BCUT2D eigenvalue weighted by Crippen LogP contribution is -2.45. The number of hydrogen-bond acceptors (Lipinski definition) is 2. The first-order valence-electron chi connectivity index (χ1n) is 6.60. The van der Waals surface area contributed by atoms with Crippen LogP contribution in [-0.4, -0.2) is 23.1 Å². The van der Waals surface area contributed by atoms with Crippen molar-refractivity contribution in [2.75, 3.05) is 12.3 Å². The van der Waals surface area contributed by atoms with E-state index in [2.05, 4.69) is 37.8 Å². The van der Waals surface area contributed by atoms with Crippen LogP contribution in [0.4, 0.5) is 0 Å². The van der Waals surface area contributed by atoms with Crippen molar-refractivity contribution in [3.05, 3.63) is 0 Å². The van der Waals surface area contributed by atoms with Crippen LogP contribution in [0.15, 0.2) is 0 Å². The second-order valence-corrected chi connectivity index (χ2v) is 6.54. The van der Waals surface area contributed by atoms with E-state index in [4.69, 9.17) is 0 Å². The second kappa shape index (κ2) is 6.80. The Morgan fingerprint density at radius 3 is 2.67 bits per heavy atom. The molecule has 1 rings (SSSR count). The summed E-state index contributed by atoms with van der Waals surface area (Å²) in [6.07, 6.45) is 8.13. The van der Waals surface area contributed by atoms with Crippen molar-refractivity contribution in [1.29, 1.82) is 0 Å². The minimum Gasteiger partial charge on any atom is -0.313 e. The highest BCUT2D eigenvalue weighted by Gasteiger charge is 2.36. The highest BCUT2D eigenvalue weighted by atomic mass is 32.2. The molecule has 1 fully saturated rings.